The summed E-state index contributed by atoms with van der Waals surface area (Å²) >= 11 is 0. The Bertz CT molecular complexity index is 521. The van der Waals surface area contributed by atoms with Gasteiger partial charge in [0.05, 0.1) is 13.2 Å². The number of hydrogen-bond acceptors (Lipinski definition) is 3. The largest absolute Gasteiger partial charge is 0.395 e. The molecule has 2 N–H and O–H groups in total. The fourth-order valence-electron chi connectivity index (χ4n) is 2.67. The van der Waals surface area contributed by atoms with E-state index in [1.807, 2.05) is 0 Å². The lowest BCUT2D eigenvalue weighted by Gasteiger charge is -2.34. The number of aliphatic hydroxyl groups excluding tert-OH is 2. The highest BCUT2D eigenvalue weighted by Gasteiger charge is 2.22. The summed E-state index contributed by atoms with van der Waals surface area (Å²) in [6.45, 7) is 1.58. The van der Waals surface area contributed by atoms with Crippen LogP contribution in [-0.2, 0) is 6.54 Å². The Kier molecular flexibility index (Phi) is 6.19. The van der Waals surface area contributed by atoms with E-state index in [-0.39, 0.29) is 25.1 Å². The predicted molar refractivity (Wildman–Crippen MR) is 80.1 cm³/mol. The van der Waals surface area contributed by atoms with Crippen molar-refractivity contribution in [1.29, 1.82) is 0 Å². The number of aliphatic hydroxyl groups is 2. The van der Waals surface area contributed by atoms with Crippen molar-refractivity contribution in [2.24, 2.45) is 0 Å². The number of likely N-dealkylation sites (tertiary alicyclic amines) is 1. The van der Waals surface area contributed by atoms with Crippen molar-refractivity contribution in [2.45, 2.75) is 38.3 Å². The third kappa shape index (κ3) is 4.53. The first-order valence-corrected chi connectivity index (χ1v) is 7.47. The lowest BCUT2D eigenvalue weighted by molar-refractivity contribution is 0.0832. The zero-order valence-corrected chi connectivity index (χ0v) is 12.2. The Hall–Kier alpha value is -1.41. The van der Waals surface area contributed by atoms with Gasteiger partial charge >= 0.3 is 0 Å². The molecule has 0 saturated carbocycles. The molecule has 0 radical (unpaired) electrons. The number of rotatable bonds is 4. The fraction of sp³-hybridized carbons (Fsp3) is 0.529. The van der Waals surface area contributed by atoms with Crippen molar-refractivity contribution >= 4 is 0 Å². The van der Waals surface area contributed by atoms with Gasteiger partial charge in [-0.1, -0.05) is 24.3 Å². The first kappa shape index (κ1) is 16.0. The van der Waals surface area contributed by atoms with E-state index in [0.29, 0.717) is 24.1 Å². The number of hydrogen-bond donors (Lipinski definition) is 2. The lowest BCUT2D eigenvalue weighted by atomic mass is 10.0. The highest BCUT2D eigenvalue weighted by molar-refractivity contribution is 5.37. The molecule has 1 aliphatic rings. The van der Waals surface area contributed by atoms with Crippen molar-refractivity contribution in [3.63, 3.8) is 0 Å². The van der Waals surface area contributed by atoms with E-state index in [4.69, 9.17) is 5.11 Å². The first-order valence-electron chi connectivity index (χ1n) is 7.47. The molecule has 0 bridgehead atoms. The van der Waals surface area contributed by atoms with E-state index in [2.05, 4.69) is 16.7 Å². The lowest BCUT2D eigenvalue weighted by Crippen LogP contribution is -2.41. The minimum absolute atomic E-state index is 0.0189. The first-order chi connectivity index (χ1) is 10.2. The van der Waals surface area contributed by atoms with Gasteiger partial charge in [0, 0.05) is 30.1 Å². The Labute approximate surface area is 125 Å². The predicted octanol–water partition coefficient (Wildman–Crippen LogP) is 1.91. The van der Waals surface area contributed by atoms with Gasteiger partial charge in [-0.05, 0) is 31.5 Å². The highest BCUT2D eigenvalue weighted by Crippen LogP contribution is 2.21. The van der Waals surface area contributed by atoms with Gasteiger partial charge in [-0.25, -0.2) is 4.39 Å². The van der Waals surface area contributed by atoms with Crippen molar-refractivity contribution in [3.05, 3.63) is 35.1 Å². The van der Waals surface area contributed by atoms with Crippen LogP contribution in [-0.4, -0.2) is 40.9 Å². The molecule has 0 aromatic heterocycles. The van der Waals surface area contributed by atoms with Crippen LogP contribution in [0.3, 0.4) is 0 Å². The molecule has 0 spiro atoms. The van der Waals surface area contributed by atoms with Gasteiger partial charge in [0.2, 0.25) is 0 Å². The Balaban J connectivity index is 2.05. The molecule has 1 saturated heterocycles. The van der Waals surface area contributed by atoms with Crippen LogP contribution < -0.4 is 0 Å². The van der Waals surface area contributed by atoms with Gasteiger partial charge in [0.15, 0.2) is 0 Å². The molecule has 1 heterocycles. The van der Waals surface area contributed by atoms with Gasteiger partial charge < -0.3 is 10.2 Å². The molecule has 114 valence electrons. The SMILES string of the molecule is OCCC#Cc1ccc(CN2CCCCC2CO)c(F)c1. The Morgan fingerprint density at radius 1 is 1.29 bits per heavy atom. The molecule has 3 nitrogen and oxygen atoms in total. The summed E-state index contributed by atoms with van der Waals surface area (Å²) in [4.78, 5) is 2.15. The van der Waals surface area contributed by atoms with Crippen LogP contribution in [0.15, 0.2) is 18.2 Å². The minimum Gasteiger partial charge on any atom is -0.395 e. The van der Waals surface area contributed by atoms with Crippen molar-refractivity contribution in [1.82, 2.24) is 4.90 Å². The maximum absolute atomic E-state index is 14.1. The Morgan fingerprint density at radius 3 is 2.86 bits per heavy atom. The molecular weight excluding hydrogens is 269 g/mol. The topological polar surface area (TPSA) is 43.7 Å². The third-order valence-electron chi connectivity index (χ3n) is 3.86. The van der Waals surface area contributed by atoms with Crippen LogP contribution in [0.5, 0.6) is 0 Å². The third-order valence-corrected chi connectivity index (χ3v) is 3.86. The monoisotopic (exact) mass is 291 g/mol. The molecule has 1 aromatic carbocycles. The van der Waals surface area contributed by atoms with E-state index in [1.54, 1.807) is 12.1 Å². The van der Waals surface area contributed by atoms with E-state index in [1.165, 1.54) is 6.07 Å². The van der Waals surface area contributed by atoms with Gasteiger partial charge in [0.25, 0.3) is 0 Å². The summed E-state index contributed by atoms with van der Waals surface area (Å²) in [5.74, 6) is 5.36. The number of piperidine rings is 1. The molecule has 1 aliphatic heterocycles. The molecule has 0 aliphatic carbocycles. The van der Waals surface area contributed by atoms with Crippen LogP contribution in [0.1, 0.15) is 36.8 Å². The second kappa shape index (κ2) is 8.14. The zero-order chi connectivity index (χ0) is 15.1. The van der Waals surface area contributed by atoms with Gasteiger partial charge in [-0.2, -0.15) is 0 Å². The molecule has 4 heteroatoms. The second-order valence-corrected chi connectivity index (χ2v) is 5.38. The fourth-order valence-corrected chi connectivity index (χ4v) is 2.67. The van der Waals surface area contributed by atoms with Crippen molar-refractivity contribution in [2.75, 3.05) is 19.8 Å². The van der Waals surface area contributed by atoms with Crippen LogP contribution in [0, 0.1) is 17.7 Å². The maximum Gasteiger partial charge on any atom is 0.128 e. The van der Waals surface area contributed by atoms with E-state index < -0.39 is 0 Å². The minimum atomic E-state index is -0.256. The van der Waals surface area contributed by atoms with Crippen LogP contribution >= 0.6 is 0 Å². The van der Waals surface area contributed by atoms with Crippen LogP contribution in [0.25, 0.3) is 0 Å². The van der Waals surface area contributed by atoms with Gasteiger partial charge in [-0.15, -0.1) is 0 Å². The number of benzene rings is 1. The molecule has 21 heavy (non-hydrogen) atoms. The summed E-state index contributed by atoms with van der Waals surface area (Å²) in [5, 5.41) is 18.1. The summed E-state index contributed by atoms with van der Waals surface area (Å²) in [6.07, 6.45) is 3.60. The number of nitrogens with zero attached hydrogens (tertiary/aromatic N) is 1. The van der Waals surface area contributed by atoms with E-state index in [0.717, 1.165) is 25.8 Å². The van der Waals surface area contributed by atoms with Gasteiger partial charge in [-0.3, -0.25) is 4.90 Å². The van der Waals surface area contributed by atoms with Crippen molar-refractivity contribution in [3.8, 4) is 11.8 Å². The normalized spacial score (nSPS) is 19.1. The summed E-state index contributed by atoms with van der Waals surface area (Å²) in [7, 11) is 0. The molecule has 1 aromatic rings. The molecule has 1 fully saturated rings. The molecule has 2 rings (SSSR count). The second-order valence-electron chi connectivity index (χ2n) is 5.38. The molecule has 0 amide bonds. The summed E-state index contributed by atoms with van der Waals surface area (Å²) in [6, 6.07) is 5.15. The summed E-state index contributed by atoms with van der Waals surface area (Å²) in [5.41, 5.74) is 1.27. The average molecular weight is 291 g/mol. The molecule has 1 unspecified atom stereocenters. The van der Waals surface area contributed by atoms with E-state index in [9.17, 15) is 9.50 Å². The Morgan fingerprint density at radius 2 is 2.14 bits per heavy atom. The van der Waals surface area contributed by atoms with Crippen LogP contribution in [0.2, 0.25) is 0 Å². The standard InChI is InChI=1S/C17H22FNO2/c18-17-11-14(5-2-4-10-20)7-8-15(17)12-19-9-3-1-6-16(19)13-21/h7-8,11,16,20-21H,1,3-4,6,9-10,12-13H2. The highest BCUT2D eigenvalue weighted by atomic mass is 19.1. The smallest absolute Gasteiger partial charge is 0.128 e. The molecular formula is C17H22FNO2. The molecule has 1 atom stereocenters. The van der Waals surface area contributed by atoms with Gasteiger partial charge in [0.1, 0.15) is 5.82 Å². The maximum atomic E-state index is 14.1. The van der Waals surface area contributed by atoms with Crippen molar-refractivity contribution < 1.29 is 14.6 Å². The zero-order valence-electron chi connectivity index (χ0n) is 12.2. The van der Waals surface area contributed by atoms with E-state index >= 15 is 0 Å². The average Bonchev–Trinajstić information content (AvgIpc) is 2.50. The van der Waals surface area contributed by atoms with Crippen LogP contribution in [0.4, 0.5) is 4.39 Å². The quantitative estimate of drug-likeness (QED) is 0.833. The number of halogens is 1. The summed E-state index contributed by atoms with van der Waals surface area (Å²) < 4.78 is 14.1.